The summed E-state index contributed by atoms with van der Waals surface area (Å²) in [5.74, 6) is -2.22. The molecule has 0 aromatic carbocycles. The fourth-order valence-electron chi connectivity index (χ4n) is 2.76. The van der Waals surface area contributed by atoms with Gasteiger partial charge in [-0.15, -0.1) is 11.8 Å². The summed E-state index contributed by atoms with van der Waals surface area (Å²) in [5.41, 5.74) is -0.387. The van der Waals surface area contributed by atoms with Crippen molar-refractivity contribution in [3.05, 3.63) is 33.3 Å². The molecule has 2 aliphatic rings. The summed E-state index contributed by atoms with van der Waals surface area (Å²) >= 11 is 1.32. The van der Waals surface area contributed by atoms with Gasteiger partial charge in [0, 0.05) is 12.8 Å². The number of carboxylic acid groups (broad SMARTS) is 1. The van der Waals surface area contributed by atoms with E-state index in [-0.39, 0.29) is 5.70 Å². The molecule has 2 atom stereocenters. The van der Waals surface area contributed by atoms with Gasteiger partial charge in [-0.1, -0.05) is 0 Å². The van der Waals surface area contributed by atoms with Gasteiger partial charge in [-0.25, -0.2) is 4.79 Å². The second-order valence-corrected chi connectivity index (χ2v) is 6.69. The molecule has 2 N–H and O–H groups in total. The molecule has 0 spiro atoms. The topological polar surface area (TPSA) is 148 Å². The Bertz CT molecular complexity index is 846. The van der Waals surface area contributed by atoms with Gasteiger partial charge in [0.25, 0.3) is 11.8 Å². The lowest BCUT2D eigenvalue weighted by atomic mass is 10.0. The number of hydrogen-bond acceptors (Lipinski definition) is 7. The number of β-lactam (4-membered cyclic amide) rings is 1. The minimum atomic E-state index is -1.21. The molecule has 0 unspecified atom stereocenters. The molecule has 1 fully saturated rings. The van der Waals surface area contributed by atoms with Crippen LogP contribution < -0.4 is 5.32 Å². The van der Waals surface area contributed by atoms with Gasteiger partial charge in [0.1, 0.15) is 23.3 Å². The molecule has 2 aliphatic heterocycles. The first-order valence-electron chi connectivity index (χ1n) is 7.09. The van der Waals surface area contributed by atoms with Crippen LogP contribution in [0.2, 0.25) is 0 Å². The van der Waals surface area contributed by atoms with Crippen molar-refractivity contribution < 1.29 is 24.4 Å². The molecular weight excluding hydrogens is 354 g/mol. The third-order valence-corrected chi connectivity index (χ3v) is 5.29. The van der Waals surface area contributed by atoms with Gasteiger partial charge in [0.15, 0.2) is 0 Å². The summed E-state index contributed by atoms with van der Waals surface area (Å²) in [6, 6.07) is -0.957. The summed E-state index contributed by atoms with van der Waals surface area (Å²) < 4.78 is 1.13. The van der Waals surface area contributed by atoms with Crippen molar-refractivity contribution in [1.29, 1.82) is 0 Å². The normalized spacial score (nSPS) is 22.3. The third kappa shape index (κ3) is 2.63. The number of thioether (sulfide) groups is 1. The molecule has 0 bridgehead atoms. The molecule has 0 saturated carbocycles. The molecule has 3 rings (SSSR count). The number of fused-ring (bicyclic) bond motifs is 1. The zero-order valence-electron chi connectivity index (χ0n) is 13.1. The maximum absolute atomic E-state index is 12.3. The van der Waals surface area contributed by atoms with Gasteiger partial charge in [-0.05, 0) is 12.5 Å². The van der Waals surface area contributed by atoms with Crippen LogP contribution in [-0.4, -0.2) is 59.7 Å². The Kier molecular flexibility index (Phi) is 3.99. The largest absolute Gasteiger partial charge is 0.477 e. The Hall–Kier alpha value is -2.89. The average molecular weight is 367 g/mol. The van der Waals surface area contributed by atoms with Crippen molar-refractivity contribution >= 4 is 35.2 Å². The number of aliphatic carboxylic acids is 1. The lowest BCUT2D eigenvalue weighted by Crippen LogP contribution is -2.70. The predicted octanol–water partition coefficient (Wildman–Crippen LogP) is -0.300. The van der Waals surface area contributed by atoms with Crippen LogP contribution in [0.1, 0.15) is 17.4 Å². The van der Waals surface area contributed by atoms with Gasteiger partial charge in [0.05, 0.1) is 4.92 Å². The maximum Gasteiger partial charge on any atom is 0.352 e. The quantitative estimate of drug-likeness (QED) is 0.419. The number of carboxylic acids is 1. The second-order valence-electron chi connectivity index (χ2n) is 5.59. The Balaban J connectivity index is 1.80. The van der Waals surface area contributed by atoms with E-state index in [4.69, 9.17) is 0 Å². The molecular formula is C13H13N5O6S. The summed E-state index contributed by atoms with van der Waals surface area (Å²) in [6.45, 7) is 1.63. The number of aryl methyl sites for hydroxylation is 1. The first kappa shape index (κ1) is 17.0. The summed E-state index contributed by atoms with van der Waals surface area (Å²) in [7, 11) is 1.43. The fraction of sp³-hybridized carbons (Fsp3) is 0.385. The number of aromatic nitrogens is 2. The Morgan fingerprint density at radius 3 is 2.80 bits per heavy atom. The van der Waals surface area contributed by atoms with E-state index >= 15 is 0 Å². The molecule has 132 valence electrons. The number of nitro groups is 1. The van der Waals surface area contributed by atoms with Gasteiger partial charge < -0.3 is 10.4 Å². The van der Waals surface area contributed by atoms with Gasteiger partial charge in [-0.3, -0.25) is 29.3 Å². The molecule has 0 aliphatic carbocycles. The van der Waals surface area contributed by atoms with Crippen LogP contribution in [0.5, 0.6) is 0 Å². The predicted molar refractivity (Wildman–Crippen MR) is 84.5 cm³/mol. The molecule has 0 radical (unpaired) electrons. The number of rotatable bonds is 4. The number of nitrogens with zero attached hydrogens (tertiary/aromatic N) is 4. The van der Waals surface area contributed by atoms with Crippen molar-refractivity contribution in [2.75, 3.05) is 5.75 Å². The first-order valence-corrected chi connectivity index (χ1v) is 8.14. The van der Waals surface area contributed by atoms with Crippen LogP contribution in [0, 0.1) is 10.1 Å². The van der Waals surface area contributed by atoms with Gasteiger partial charge >= 0.3 is 11.7 Å². The highest BCUT2D eigenvalue weighted by Gasteiger charge is 2.54. The summed E-state index contributed by atoms with van der Waals surface area (Å²) in [5, 5.41) is 25.8. The highest BCUT2D eigenvalue weighted by molar-refractivity contribution is 8.00. The van der Waals surface area contributed by atoms with Crippen LogP contribution in [0.15, 0.2) is 17.5 Å². The molecule has 11 nitrogen and oxygen atoms in total. The van der Waals surface area contributed by atoms with E-state index in [1.54, 1.807) is 6.92 Å². The zero-order valence-corrected chi connectivity index (χ0v) is 13.9. The molecule has 2 amide bonds. The second kappa shape index (κ2) is 5.88. The van der Waals surface area contributed by atoms with Crippen LogP contribution in [0.4, 0.5) is 5.69 Å². The molecule has 1 saturated heterocycles. The summed E-state index contributed by atoms with van der Waals surface area (Å²) in [6.07, 6.45) is 1.09. The number of hydrogen-bond donors (Lipinski definition) is 2. The molecule has 1 aromatic rings. The number of nitrogens with one attached hydrogen (secondary N) is 1. The van der Waals surface area contributed by atoms with E-state index in [1.165, 1.54) is 18.8 Å². The number of amides is 2. The average Bonchev–Trinajstić information content (AvgIpc) is 2.94. The lowest BCUT2D eigenvalue weighted by Gasteiger charge is -2.49. The third-order valence-electron chi connectivity index (χ3n) is 3.87. The summed E-state index contributed by atoms with van der Waals surface area (Å²) in [4.78, 5) is 47.3. The van der Waals surface area contributed by atoms with E-state index in [9.17, 15) is 29.6 Å². The van der Waals surface area contributed by atoms with Crippen LogP contribution >= 0.6 is 11.8 Å². The van der Waals surface area contributed by atoms with E-state index < -0.39 is 45.5 Å². The highest BCUT2D eigenvalue weighted by atomic mass is 32.2. The molecule has 3 heterocycles. The molecule has 25 heavy (non-hydrogen) atoms. The SMILES string of the molecule is CC1=C(C(=O)O)N2C(=O)[C@H](NC(=O)c3nn(C)cc3[N+](=O)[O-])[C@@H]2SC1. The zero-order chi connectivity index (χ0) is 18.5. The van der Waals surface area contributed by atoms with E-state index in [1.807, 2.05) is 0 Å². The van der Waals surface area contributed by atoms with E-state index in [0.717, 1.165) is 15.8 Å². The van der Waals surface area contributed by atoms with Crippen molar-refractivity contribution in [1.82, 2.24) is 20.0 Å². The monoisotopic (exact) mass is 367 g/mol. The van der Waals surface area contributed by atoms with Crippen molar-refractivity contribution in [3.63, 3.8) is 0 Å². The minimum Gasteiger partial charge on any atom is -0.477 e. The van der Waals surface area contributed by atoms with Gasteiger partial charge in [-0.2, -0.15) is 5.10 Å². The maximum atomic E-state index is 12.3. The van der Waals surface area contributed by atoms with Gasteiger partial charge in [0.2, 0.25) is 5.69 Å². The standard InChI is InChI=1S/C13H13N5O6S/c1-5-4-25-12-8(11(20)17(12)9(5)13(21)22)14-10(19)7-6(18(23)24)3-16(2)15-7/h3,8,12H,4H2,1-2H3,(H,14,19)(H,21,22)/t8-,12-/m0/s1. The van der Waals surface area contributed by atoms with E-state index in [2.05, 4.69) is 10.4 Å². The Morgan fingerprint density at radius 1 is 1.52 bits per heavy atom. The Labute approximate surface area is 144 Å². The fourth-order valence-corrected chi connectivity index (χ4v) is 4.05. The smallest absolute Gasteiger partial charge is 0.352 e. The van der Waals surface area contributed by atoms with Crippen molar-refractivity contribution in [2.24, 2.45) is 7.05 Å². The van der Waals surface area contributed by atoms with Crippen LogP contribution in [0.25, 0.3) is 0 Å². The van der Waals surface area contributed by atoms with Crippen molar-refractivity contribution in [3.8, 4) is 0 Å². The van der Waals surface area contributed by atoms with E-state index in [0.29, 0.717) is 11.3 Å². The number of carbonyl (C=O) groups is 3. The lowest BCUT2D eigenvalue weighted by molar-refractivity contribution is -0.385. The van der Waals surface area contributed by atoms with Crippen LogP contribution in [0.3, 0.4) is 0 Å². The molecule has 1 aromatic heterocycles. The highest BCUT2D eigenvalue weighted by Crippen LogP contribution is 2.40. The number of carbonyl (C=O) groups excluding carboxylic acids is 2. The Morgan fingerprint density at radius 2 is 2.20 bits per heavy atom. The van der Waals surface area contributed by atoms with Crippen LogP contribution in [-0.2, 0) is 16.6 Å². The van der Waals surface area contributed by atoms with Crippen molar-refractivity contribution in [2.45, 2.75) is 18.3 Å². The first-order chi connectivity index (χ1) is 11.7. The molecule has 12 heteroatoms. The minimum absolute atomic E-state index is 0.0805.